The van der Waals surface area contributed by atoms with E-state index >= 15 is 0 Å². The van der Waals surface area contributed by atoms with Crippen molar-refractivity contribution < 1.29 is 28.5 Å². The third-order valence-corrected chi connectivity index (χ3v) is 6.09. The Labute approximate surface area is 166 Å². The lowest BCUT2D eigenvalue weighted by Gasteiger charge is -2.30. The molecule has 1 aliphatic carbocycles. The van der Waals surface area contributed by atoms with Crippen LogP contribution in [-0.4, -0.2) is 49.2 Å². The van der Waals surface area contributed by atoms with Crippen molar-refractivity contribution >= 4 is 5.97 Å². The van der Waals surface area contributed by atoms with Crippen molar-refractivity contribution in [1.82, 2.24) is 0 Å². The number of carbonyl (C=O) groups is 1. The van der Waals surface area contributed by atoms with Crippen molar-refractivity contribution in [2.75, 3.05) is 19.8 Å². The predicted octanol–water partition coefficient (Wildman–Crippen LogP) is 3.51. The lowest BCUT2D eigenvalue weighted by atomic mass is 9.87. The summed E-state index contributed by atoms with van der Waals surface area (Å²) in [6.45, 7) is 8.20. The zero-order chi connectivity index (χ0) is 19.8. The summed E-state index contributed by atoms with van der Waals surface area (Å²) >= 11 is 0. The fraction of sp³-hybridized carbons (Fsp3) is 0.682. The SMILES string of the molecule is CC(OC1CCC(C(=O)Oc2ccc(OCC3(C)CO3)cc2)CC1)C1(C)CO1. The van der Waals surface area contributed by atoms with E-state index in [9.17, 15) is 4.79 Å². The van der Waals surface area contributed by atoms with E-state index < -0.39 is 0 Å². The number of epoxide rings is 2. The van der Waals surface area contributed by atoms with Crippen molar-refractivity contribution in [1.29, 1.82) is 0 Å². The Kier molecular flexibility index (Phi) is 5.38. The van der Waals surface area contributed by atoms with Gasteiger partial charge in [0.25, 0.3) is 0 Å². The molecule has 3 atom stereocenters. The first-order valence-corrected chi connectivity index (χ1v) is 10.2. The second kappa shape index (κ2) is 7.65. The summed E-state index contributed by atoms with van der Waals surface area (Å²) in [5.41, 5.74) is -0.260. The van der Waals surface area contributed by atoms with Crippen LogP contribution in [0.4, 0.5) is 0 Å². The molecule has 2 heterocycles. The molecule has 3 fully saturated rings. The fourth-order valence-corrected chi connectivity index (χ4v) is 3.46. The minimum Gasteiger partial charge on any atom is -0.490 e. The van der Waals surface area contributed by atoms with Crippen LogP contribution in [0.15, 0.2) is 24.3 Å². The van der Waals surface area contributed by atoms with Crippen molar-refractivity contribution in [3.8, 4) is 11.5 Å². The summed E-state index contributed by atoms with van der Waals surface area (Å²) in [4.78, 5) is 12.5. The molecule has 1 aromatic rings. The number of ether oxygens (including phenoxy) is 5. The Hall–Kier alpha value is -1.63. The first kappa shape index (κ1) is 19.7. The van der Waals surface area contributed by atoms with E-state index in [2.05, 4.69) is 13.8 Å². The summed E-state index contributed by atoms with van der Waals surface area (Å²) < 4.78 is 28.1. The van der Waals surface area contributed by atoms with Crippen molar-refractivity contribution in [3.05, 3.63) is 24.3 Å². The maximum Gasteiger partial charge on any atom is 0.314 e. The molecule has 2 saturated heterocycles. The van der Waals surface area contributed by atoms with Gasteiger partial charge < -0.3 is 23.7 Å². The molecule has 4 rings (SSSR count). The lowest BCUT2D eigenvalue weighted by Crippen LogP contribution is -2.35. The van der Waals surface area contributed by atoms with Gasteiger partial charge in [-0.25, -0.2) is 0 Å². The Morgan fingerprint density at radius 2 is 1.68 bits per heavy atom. The Bertz CT molecular complexity index is 683. The van der Waals surface area contributed by atoms with E-state index in [1.807, 2.05) is 19.1 Å². The molecular weight excluding hydrogens is 360 g/mol. The fourth-order valence-electron chi connectivity index (χ4n) is 3.46. The van der Waals surface area contributed by atoms with Crippen LogP contribution < -0.4 is 9.47 Å². The van der Waals surface area contributed by atoms with E-state index in [1.54, 1.807) is 12.1 Å². The molecule has 6 nitrogen and oxygen atoms in total. The zero-order valence-corrected chi connectivity index (χ0v) is 16.9. The van der Waals surface area contributed by atoms with Crippen LogP contribution in [0.2, 0.25) is 0 Å². The van der Waals surface area contributed by atoms with Gasteiger partial charge >= 0.3 is 5.97 Å². The molecule has 3 aliphatic rings. The first-order valence-electron chi connectivity index (χ1n) is 10.2. The van der Waals surface area contributed by atoms with Gasteiger partial charge in [-0.1, -0.05) is 0 Å². The average molecular weight is 390 g/mol. The summed E-state index contributed by atoms with van der Waals surface area (Å²) in [5, 5.41) is 0. The van der Waals surface area contributed by atoms with Crippen LogP contribution in [0.25, 0.3) is 0 Å². The number of hydrogen-bond donors (Lipinski definition) is 0. The Morgan fingerprint density at radius 1 is 1.07 bits per heavy atom. The molecule has 1 saturated carbocycles. The highest BCUT2D eigenvalue weighted by atomic mass is 16.6. The number of esters is 1. The van der Waals surface area contributed by atoms with Gasteiger partial charge in [0.2, 0.25) is 0 Å². The topological polar surface area (TPSA) is 69.8 Å². The summed E-state index contributed by atoms with van der Waals surface area (Å²) in [7, 11) is 0. The molecular formula is C22H30O6. The van der Waals surface area contributed by atoms with Gasteiger partial charge in [-0.15, -0.1) is 0 Å². The monoisotopic (exact) mass is 390 g/mol. The summed E-state index contributed by atoms with van der Waals surface area (Å²) in [6, 6.07) is 7.19. The number of carbonyl (C=O) groups excluding carboxylic acids is 1. The van der Waals surface area contributed by atoms with Crippen molar-refractivity contribution in [2.45, 2.75) is 69.9 Å². The van der Waals surface area contributed by atoms with Gasteiger partial charge in [0, 0.05) is 0 Å². The average Bonchev–Trinajstić information content (AvgIpc) is 3.61. The molecule has 0 aromatic heterocycles. The predicted molar refractivity (Wildman–Crippen MR) is 103 cm³/mol. The number of hydrogen-bond acceptors (Lipinski definition) is 6. The molecule has 6 heteroatoms. The Balaban J connectivity index is 1.20. The third kappa shape index (κ3) is 4.85. The minimum absolute atomic E-state index is 0.0641. The molecule has 3 unspecified atom stereocenters. The summed E-state index contributed by atoms with van der Waals surface area (Å²) in [6.07, 6.45) is 3.66. The minimum atomic E-state index is -0.156. The molecule has 0 spiro atoms. The van der Waals surface area contributed by atoms with E-state index in [-0.39, 0.29) is 35.3 Å². The molecule has 0 N–H and O–H groups in total. The highest BCUT2D eigenvalue weighted by molar-refractivity contribution is 5.75. The van der Waals surface area contributed by atoms with Gasteiger partial charge in [0.1, 0.15) is 29.3 Å². The molecule has 154 valence electrons. The second-order valence-electron chi connectivity index (χ2n) is 8.77. The van der Waals surface area contributed by atoms with E-state index in [4.69, 9.17) is 23.7 Å². The van der Waals surface area contributed by atoms with Crippen LogP contribution in [0.1, 0.15) is 46.5 Å². The molecule has 0 amide bonds. The van der Waals surface area contributed by atoms with Crippen LogP contribution in [0.3, 0.4) is 0 Å². The maximum absolute atomic E-state index is 12.5. The van der Waals surface area contributed by atoms with E-state index in [1.165, 1.54) is 0 Å². The summed E-state index contributed by atoms with van der Waals surface area (Å²) in [5.74, 6) is 1.08. The van der Waals surface area contributed by atoms with Gasteiger partial charge in [0.05, 0.1) is 31.3 Å². The number of benzene rings is 1. The first-order chi connectivity index (χ1) is 13.4. The highest BCUT2D eigenvalue weighted by Gasteiger charge is 2.46. The second-order valence-corrected chi connectivity index (χ2v) is 8.77. The molecule has 0 radical (unpaired) electrons. The van der Waals surface area contributed by atoms with Crippen LogP contribution in [0, 0.1) is 5.92 Å². The zero-order valence-electron chi connectivity index (χ0n) is 16.9. The molecule has 0 bridgehead atoms. The van der Waals surface area contributed by atoms with Gasteiger partial charge in [-0.05, 0) is 70.7 Å². The normalized spacial score (nSPS) is 35.1. The molecule has 28 heavy (non-hydrogen) atoms. The van der Waals surface area contributed by atoms with E-state index in [0.717, 1.165) is 44.6 Å². The largest absolute Gasteiger partial charge is 0.490 e. The Morgan fingerprint density at radius 3 is 2.25 bits per heavy atom. The standard InChI is InChI=1S/C22H30O6/c1-15(22(3)14-26-22)27-18-6-4-16(5-7-18)20(23)28-19-10-8-17(9-11-19)24-12-21(2)13-25-21/h8-11,15-16,18H,4-7,12-14H2,1-3H3. The smallest absolute Gasteiger partial charge is 0.314 e. The quantitative estimate of drug-likeness (QED) is 0.384. The molecule has 2 aliphatic heterocycles. The molecule has 1 aromatic carbocycles. The van der Waals surface area contributed by atoms with Crippen LogP contribution in [-0.2, 0) is 19.0 Å². The lowest BCUT2D eigenvalue weighted by molar-refractivity contribution is -0.141. The highest BCUT2D eigenvalue weighted by Crippen LogP contribution is 2.35. The van der Waals surface area contributed by atoms with Crippen molar-refractivity contribution in [2.24, 2.45) is 5.92 Å². The van der Waals surface area contributed by atoms with Crippen LogP contribution >= 0.6 is 0 Å². The van der Waals surface area contributed by atoms with Crippen LogP contribution in [0.5, 0.6) is 11.5 Å². The van der Waals surface area contributed by atoms with E-state index in [0.29, 0.717) is 12.4 Å². The maximum atomic E-state index is 12.5. The van der Waals surface area contributed by atoms with Gasteiger partial charge in [0.15, 0.2) is 0 Å². The third-order valence-electron chi connectivity index (χ3n) is 6.09. The number of rotatable bonds is 8. The van der Waals surface area contributed by atoms with Gasteiger partial charge in [-0.2, -0.15) is 0 Å². The van der Waals surface area contributed by atoms with Gasteiger partial charge in [-0.3, -0.25) is 4.79 Å². The van der Waals surface area contributed by atoms with Crippen molar-refractivity contribution in [3.63, 3.8) is 0 Å².